The number of aromatic nitrogens is 6. The summed E-state index contributed by atoms with van der Waals surface area (Å²) in [5, 5.41) is 15.2. The van der Waals surface area contributed by atoms with Gasteiger partial charge in [0, 0.05) is 27.9 Å². The van der Waals surface area contributed by atoms with E-state index in [1.54, 1.807) is 29.0 Å². The molecule has 0 bridgehead atoms. The molecule has 3 aromatic heterocycles. The number of aryl methyl sites for hydroxylation is 1. The topological polar surface area (TPSA) is 108 Å². The zero-order valence-corrected chi connectivity index (χ0v) is 24.1. The lowest BCUT2D eigenvalue weighted by Crippen LogP contribution is -2.21. The van der Waals surface area contributed by atoms with E-state index in [9.17, 15) is 9.59 Å². The predicted octanol–water partition coefficient (Wildman–Crippen LogP) is 5.99. The van der Waals surface area contributed by atoms with Gasteiger partial charge >= 0.3 is 0 Å². The lowest BCUT2D eigenvalue weighted by molar-refractivity contribution is -0.116. The molecule has 1 amide bonds. The summed E-state index contributed by atoms with van der Waals surface area (Å²) in [4.78, 5) is 35.3. The summed E-state index contributed by atoms with van der Waals surface area (Å²) in [6, 6.07) is 22.4. The molecule has 0 saturated heterocycles. The number of nitrogens with one attached hydrogen (secondary N) is 1. The minimum atomic E-state index is -0.268. The van der Waals surface area contributed by atoms with Crippen LogP contribution in [0, 0.1) is 6.92 Å². The molecule has 3 heterocycles. The van der Waals surface area contributed by atoms with E-state index in [-0.39, 0.29) is 18.0 Å². The van der Waals surface area contributed by atoms with Gasteiger partial charge in [-0.1, -0.05) is 70.5 Å². The fourth-order valence-electron chi connectivity index (χ4n) is 4.14. The molecule has 1 N–H and O–H groups in total. The lowest BCUT2D eigenvalue weighted by Gasteiger charge is -2.13. The Morgan fingerprint density at radius 2 is 1.80 bits per heavy atom. The number of carbonyl (C=O) groups is 1. The van der Waals surface area contributed by atoms with Crippen LogP contribution in [0.4, 0.5) is 5.13 Å². The highest BCUT2D eigenvalue weighted by Gasteiger charge is 2.15. The molecule has 0 saturated carbocycles. The highest BCUT2D eigenvalue weighted by Crippen LogP contribution is 2.27. The summed E-state index contributed by atoms with van der Waals surface area (Å²) in [6.45, 7) is 1.98. The number of carbonyl (C=O) groups excluding carboxylic acids is 1. The van der Waals surface area contributed by atoms with Gasteiger partial charge in [-0.2, -0.15) is 0 Å². The van der Waals surface area contributed by atoms with Gasteiger partial charge in [-0.05, 0) is 43.3 Å². The Morgan fingerprint density at radius 1 is 1.02 bits per heavy atom. The quantitative estimate of drug-likeness (QED) is 0.169. The first-order valence-corrected chi connectivity index (χ1v) is 14.8. The minimum Gasteiger partial charge on any atom is -0.300 e. The Hall–Kier alpha value is -4.32. The zero-order valence-electron chi connectivity index (χ0n) is 21.7. The van der Waals surface area contributed by atoms with Crippen molar-refractivity contribution in [2.24, 2.45) is 0 Å². The van der Waals surface area contributed by atoms with Crippen LogP contribution in [0.5, 0.6) is 0 Å². The predicted molar refractivity (Wildman–Crippen MR) is 163 cm³/mol. The highest BCUT2D eigenvalue weighted by atomic mass is 35.5. The van der Waals surface area contributed by atoms with Crippen LogP contribution in [0.2, 0.25) is 5.02 Å². The van der Waals surface area contributed by atoms with Crippen LogP contribution in [0.25, 0.3) is 27.8 Å². The molecule has 204 valence electrons. The van der Waals surface area contributed by atoms with E-state index in [1.165, 1.54) is 27.8 Å². The van der Waals surface area contributed by atoms with E-state index in [0.29, 0.717) is 37.7 Å². The maximum absolute atomic E-state index is 13.4. The molecule has 9 nitrogen and oxygen atoms in total. The van der Waals surface area contributed by atoms with Gasteiger partial charge in [0.1, 0.15) is 6.54 Å². The number of benzene rings is 3. The Kier molecular flexibility index (Phi) is 7.64. The normalized spacial score (nSPS) is 11.2. The third-order valence-electron chi connectivity index (χ3n) is 6.17. The number of nitrogens with zero attached hydrogens (tertiary/aromatic N) is 6. The van der Waals surface area contributed by atoms with Crippen LogP contribution < -0.4 is 10.9 Å². The summed E-state index contributed by atoms with van der Waals surface area (Å²) in [5.41, 5.74) is 4.66. The summed E-state index contributed by atoms with van der Waals surface area (Å²) in [7, 11) is 0. The molecule has 0 unspecified atom stereocenters. The van der Waals surface area contributed by atoms with E-state index in [4.69, 9.17) is 16.6 Å². The van der Waals surface area contributed by atoms with Crippen LogP contribution in [0.15, 0.2) is 94.3 Å². The van der Waals surface area contributed by atoms with Crippen molar-refractivity contribution in [3.8, 4) is 16.9 Å². The third kappa shape index (κ3) is 6.07. The zero-order chi connectivity index (χ0) is 28.3. The summed E-state index contributed by atoms with van der Waals surface area (Å²) >= 11 is 8.69. The second-order valence-corrected chi connectivity index (χ2v) is 11.4. The van der Waals surface area contributed by atoms with Gasteiger partial charge in [-0.15, -0.1) is 16.4 Å². The molecular formula is C29H22ClN7O2S2. The Morgan fingerprint density at radius 3 is 2.61 bits per heavy atom. The maximum atomic E-state index is 13.4. The van der Waals surface area contributed by atoms with Crippen molar-refractivity contribution in [3.63, 3.8) is 0 Å². The number of thioether (sulfide) groups is 1. The summed E-state index contributed by atoms with van der Waals surface area (Å²) < 4.78 is 3.09. The summed E-state index contributed by atoms with van der Waals surface area (Å²) in [6.07, 6.45) is 1.71. The molecule has 12 heteroatoms. The SMILES string of the molecule is Cc1ccc(-n2c(SCc3cn(CC(=O)Nc4nc(-c5ccc(Cl)cc5)cs4)nn3)nc3ccccc3c2=O)cc1. The molecule has 0 aliphatic rings. The number of hydrogen-bond acceptors (Lipinski definition) is 8. The molecule has 6 aromatic rings. The smallest absolute Gasteiger partial charge is 0.266 e. The lowest BCUT2D eigenvalue weighted by atomic mass is 10.2. The van der Waals surface area contributed by atoms with Crippen LogP contribution in [0.3, 0.4) is 0 Å². The van der Waals surface area contributed by atoms with E-state index < -0.39 is 0 Å². The van der Waals surface area contributed by atoms with Crippen molar-refractivity contribution in [2.75, 3.05) is 5.32 Å². The van der Waals surface area contributed by atoms with Gasteiger partial charge in [0.2, 0.25) is 5.91 Å². The number of thiazole rings is 1. The first-order valence-electron chi connectivity index (χ1n) is 12.5. The van der Waals surface area contributed by atoms with Gasteiger partial charge in [-0.25, -0.2) is 14.6 Å². The fourth-order valence-corrected chi connectivity index (χ4v) is 5.89. The number of halogens is 1. The summed E-state index contributed by atoms with van der Waals surface area (Å²) in [5.74, 6) is 0.144. The van der Waals surface area contributed by atoms with Crippen molar-refractivity contribution < 1.29 is 4.79 Å². The molecular weight excluding hydrogens is 578 g/mol. The van der Waals surface area contributed by atoms with Crippen molar-refractivity contribution in [2.45, 2.75) is 24.4 Å². The molecule has 0 atom stereocenters. The van der Waals surface area contributed by atoms with Gasteiger partial charge in [-0.3, -0.25) is 14.2 Å². The largest absolute Gasteiger partial charge is 0.300 e. The Balaban J connectivity index is 1.14. The van der Waals surface area contributed by atoms with Gasteiger partial charge in [0.15, 0.2) is 10.3 Å². The third-order valence-corrected chi connectivity index (χ3v) is 8.15. The number of hydrogen-bond donors (Lipinski definition) is 1. The van der Waals surface area contributed by atoms with Crippen molar-refractivity contribution >= 4 is 56.6 Å². The van der Waals surface area contributed by atoms with E-state index >= 15 is 0 Å². The van der Waals surface area contributed by atoms with Crippen molar-refractivity contribution in [1.82, 2.24) is 29.5 Å². The van der Waals surface area contributed by atoms with Gasteiger partial charge in [0.05, 0.1) is 28.0 Å². The van der Waals surface area contributed by atoms with Crippen molar-refractivity contribution in [3.05, 3.63) is 111 Å². The molecule has 0 aliphatic carbocycles. The number of fused-ring (bicyclic) bond motifs is 1. The maximum Gasteiger partial charge on any atom is 0.266 e. The minimum absolute atomic E-state index is 0.0180. The second kappa shape index (κ2) is 11.7. The van der Waals surface area contributed by atoms with Crippen LogP contribution in [0.1, 0.15) is 11.3 Å². The molecule has 6 rings (SSSR count). The second-order valence-electron chi connectivity index (χ2n) is 9.18. The molecule has 3 aromatic carbocycles. The van der Waals surface area contributed by atoms with Gasteiger partial charge < -0.3 is 5.32 Å². The highest BCUT2D eigenvalue weighted by molar-refractivity contribution is 7.98. The molecule has 0 radical (unpaired) electrons. The van der Waals surface area contributed by atoms with E-state index in [0.717, 1.165) is 22.5 Å². The molecule has 0 spiro atoms. The van der Waals surface area contributed by atoms with Crippen LogP contribution in [-0.4, -0.2) is 35.4 Å². The number of para-hydroxylation sites is 1. The monoisotopic (exact) mass is 599 g/mol. The standard InChI is InChI=1S/C29H22ClN7O2S2/c1-18-6-12-22(13-7-18)37-27(39)23-4-2-3-5-24(23)32-29(37)41-16-21-14-36(35-34-21)15-26(38)33-28-31-25(17-40-28)19-8-10-20(30)11-9-19/h2-14,17H,15-16H2,1H3,(H,31,33,38). The number of rotatable bonds is 8. The number of amides is 1. The Labute approximate surface area is 247 Å². The fraction of sp³-hybridized carbons (Fsp3) is 0.103. The van der Waals surface area contributed by atoms with Crippen molar-refractivity contribution in [1.29, 1.82) is 0 Å². The molecule has 41 heavy (non-hydrogen) atoms. The first-order chi connectivity index (χ1) is 19.9. The average Bonchev–Trinajstić information content (AvgIpc) is 3.62. The molecule has 0 aliphatic heterocycles. The van der Waals surface area contributed by atoms with E-state index in [2.05, 4.69) is 20.6 Å². The van der Waals surface area contributed by atoms with Crippen LogP contribution >= 0.6 is 34.7 Å². The Bertz CT molecular complexity index is 1910. The van der Waals surface area contributed by atoms with Gasteiger partial charge in [0.25, 0.3) is 5.56 Å². The first kappa shape index (κ1) is 26.9. The average molecular weight is 600 g/mol. The van der Waals surface area contributed by atoms with E-state index in [1.807, 2.05) is 66.9 Å². The number of anilines is 1. The van der Waals surface area contributed by atoms with Crippen LogP contribution in [-0.2, 0) is 17.1 Å². The molecule has 0 fully saturated rings.